The van der Waals surface area contributed by atoms with Gasteiger partial charge in [-0.15, -0.1) is 0 Å². The van der Waals surface area contributed by atoms with Gasteiger partial charge in [-0.05, 0) is 180 Å². The molecule has 3 fully saturated rings. The van der Waals surface area contributed by atoms with Crippen LogP contribution in [-0.4, -0.2) is 5.97 Å². The van der Waals surface area contributed by atoms with Crippen LogP contribution < -0.4 is 4.74 Å². The van der Waals surface area contributed by atoms with E-state index < -0.39 is 0 Å². The summed E-state index contributed by atoms with van der Waals surface area (Å²) in [7, 11) is 0. The first-order valence-corrected chi connectivity index (χ1v) is 35.5. The summed E-state index contributed by atoms with van der Waals surface area (Å²) >= 11 is 0. The number of esters is 1. The molecule has 3 saturated carbocycles. The van der Waals surface area contributed by atoms with E-state index in [1.165, 1.54) is 101 Å². The summed E-state index contributed by atoms with van der Waals surface area (Å²) in [5, 5.41) is 0. The van der Waals surface area contributed by atoms with Crippen LogP contribution in [0, 0.1) is 78.1 Å². The highest BCUT2D eigenvalue weighted by atomic mass is 16.5. The Labute approximate surface area is 551 Å². The zero-order chi connectivity index (χ0) is 67.7. The van der Waals surface area contributed by atoms with Crippen molar-refractivity contribution in [3.63, 3.8) is 0 Å². The maximum Gasteiger partial charge on any atom is 0.343 e. The molecule has 2 nitrogen and oxygen atoms in total. The van der Waals surface area contributed by atoms with Gasteiger partial charge in [0.25, 0.3) is 0 Å². The third kappa shape index (κ3) is 35.1. The lowest BCUT2D eigenvalue weighted by atomic mass is 9.70. The van der Waals surface area contributed by atoms with Crippen molar-refractivity contribution < 1.29 is 9.53 Å². The van der Waals surface area contributed by atoms with Crippen molar-refractivity contribution in [2.75, 3.05) is 0 Å². The molecule has 0 amide bonds. The van der Waals surface area contributed by atoms with Crippen molar-refractivity contribution in [2.24, 2.45) is 29.6 Å². The van der Waals surface area contributed by atoms with E-state index in [9.17, 15) is 4.79 Å². The lowest BCUT2D eigenvalue weighted by Crippen LogP contribution is -2.24. The lowest BCUT2D eigenvalue weighted by Gasteiger charge is -2.36. The third-order valence-electron chi connectivity index (χ3n) is 16.1. The minimum atomic E-state index is -0.325. The second-order valence-electron chi connectivity index (χ2n) is 22.9. The molecule has 0 aromatic heterocycles. The molecule has 0 atom stereocenters. The Hall–Kier alpha value is -6.25. The van der Waals surface area contributed by atoms with Gasteiger partial charge in [0.15, 0.2) is 0 Å². The van der Waals surface area contributed by atoms with Gasteiger partial charge in [-0.2, -0.15) is 0 Å². The molecule has 2 heteroatoms. The highest BCUT2D eigenvalue weighted by Gasteiger charge is 2.28. The van der Waals surface area contributed by atoms with E-state index in [1.807, 2.05) is 135 Å². The summed E-state index contributed by atoms with van der Waals surface area (Å²) in [4.78, 5) is 11.8. The standard InChI is InChI=1S/C16H16.C15H14O2.C14H26.C14H20.C14H14.7C2H6/c1-12-4-8-15(9-5-12)14(3)16-10-6-13(2)7-11-16;1-11-3-7-13(8-4-11)15(16)17-14-9-5-12(2)6-10-14;3*1-11-3-7-13(8-4-11)14-9-5-12(2)6-10-14;7*1-2/h4-11H,3H2,1-2H3;3-10H,1-2H3;11-14H,3-10H2,1-2H3;3-4,7-8,12,14H,5-6,9-10H2,1-2H3;3-10H,1-2H3;7*1-2H3. The van der Waals surface area contributed by atoms with Crippen molar-refractivity contribution in [3.05, 3.63) is 238 Å². The van der Waals surface area contributed by atoms with Crippen molar-refractivity contribution in [3.8, 4) is 16.9 Å². The van der Waals surface area contributed by atoms with E-state index in [1.54, 1.807) is 55.5 Å². The molecule has 7 aromatic carbocycles. The maximum absolute atomic E-state index is 11.8. The zero-order valence-corrected chi connectivity index (χ0v) is 61.6. The van der Waals surface area contributed by atoms with Gasteiger partial charge in [-0.3, -0.25) is 0 Å². The molecular formula is C87H132O2. The van der Waals surface area contributed by atoms with Crippen LogP contribution >= 0.6 is 0 Å². The molecule has 3 aliphatic carbocycles. The Bertz CT molecular complexity index is 2610. The predicted molar refractivity (Wildman–Crippen MR) is 402 cm³/mol. The van der Waals surface area contributed by atoms with E-state index in [-0.39, 0.29) is 5.97 Å². The normalized spacial score (nSPS) is 17.2. The number of ether oxygens (including phenoxy) is 1. The first-order valence-electron chi connectivity index (χ1n) is 35.5. The monoisotopic (exact) mass is 1210 g/mol. The third-order valence-corrected chi connectivity index (χ3v) is 16.1. The SMILES string of the molecule is C=C(c1ccc(C)cc1)c1ccc(C)cc1.CC.CC.CC.CC.CC.CC.CC.CC1CCC(C2CCC(C)CC2)CC1.Cc1ccc(-c2ccc(C)cc2)cc1.Cc1ccc(C2CCC(C)CC2)cc1.Cc1ccc(OC(=O)c2ccc(C)cc2)cc1. The van der Waals surface area contributed by atoms with Gasteiger partial charge in [0.05, 0.1) is 5.56 Å². The average molecular weight is 1210 g/mol. The molecule has 0 radical (unpaired) electrons. The van der Waals surface area contributed by atoms with Crippen molar-refractivity contribution in [1.29, 1.82) is 0 Å². The van der Waals surface area contributed by atoms with Crippen LogP contribution in [-0.2, 0) is 0 Å². The quantitative estimate of drug-likeness (QED) is 0.117. The minimum Gasteiger partial charge on any atom is -0.423 e. The largest absolute Gasteiger partial charge is 0.423 e. The van der Waals surface area contributed by atoms with Crippen molar-refractivity contribution in [2.45, 2.75) is 249 Å². The molecule has 0 spiro atoms. The van der Waals surface area contributed by atoms with E-state index in [0.29, 0.717) is 11.3 Å². The number of rotatable bonds is 7. The van der Waals surface area contributed by atoms with E-state index in [0.717, 1.165) is 52.2 Å². The fourth-order valence-corrected chi connectivity index (χ4v) is 10.6. The van der Waals surface area contributed by atoms with Crippen LogP contribution in [0.5, 0.6) is 5.75 Å². The number of carbonyl (C=O) groups is 1. The van der Waals surface area contributed by atoms with Gasteiger partial charge in [0, 0.05) is 0 Å². The zero-order valence-electron chi connectivity index (χ0n) is 61.6. The summed E-state index contributed by atoms with van der Waals surface area (Å²) in [6, 6.07) is 58.1. The number of carbonyl (C=O) groups excluding carboxylic acids is 1. The number of hydrogen-bond donors (Lipinski definition) is 0. The first-order chi connectivity index (χ1) is 43.1. The fourth-order valence-electron chi connectivity index (χ4n) is 10.6. The number of benzene rings is 7. The molecule has 3 aliphatic rings. The van der Waals surface area contributed by atoms with E-state index in [2.05, 4.69) is 183 Å². The molecule has 10 rings (SSSR count). The number of aryl methyl sites for hydroxylation is 7. The fraction of sp³-hybridized carbons (Fsp3) is 0.483. The molecule has 89 heavy (non-hydrogen) atoms. The molecule has 0 unspecified atom stereocenters. The van der Waals surface area contributed by atoms with Crippen molar-refractivity contribution in [1.82, 2.24) is 0 Å². The average Bonchev–Trinajstić information content (AvgIpc) is 3.77. The summed E-state index contributed by atoms with van der Waals surface area (Å²) in [6.45, 7) is 53.9. The van der Waals surface area contributed by atoms with Gasteiger partial charge in [-0.25, -0.2) is 4.79 Å². The molecule has 0 saturated heterocycles. The van der Waals surface area contributed by atoms with Gasteiger partial charge in [0.1, 0.15) is 5.75 Å². The van der Waals surface area contributed by atoms with Crippen molar-refractivity contribution >= 4 is 11.5 Å². The Morgan fingerprint density at radius 3 is 0.809 bits per heavy atom. The molecule has 0 N–H and O–H groups in total. The smallest absolute Gasteiger partial charge is 0.343 e. The number of hydrogen-bond acceptors (Lipinski definition) is 2. The molecule has 7 aromatic rings. The van der Waals surface area contributed by atoms with Gasteiger partial charge in [0.2, 0.25) is 0 Å². The summed E-state index contributed by atoms with van der Waals surface area (Å²) < 4.78 is 5.26. The highest BCUT2D eigenvalue weighted by Crippen LogP contribution is 2.41. The van der Waals surface area contributed by atoms with Crippen LogP contribution in [0.1, 0.15) is 267 Å². The highest BCUT2D eigenvalue weighted by molar-refractivity contribution is 5.91. The maximum atomic E-state index is 11.8. The second-order valence-corrected chi connectivity index (χ2v) is 22.9. The summed E-state index contributed by atoms with van der Waals surface area (Å²) in [6.07, 6.45) is 17.8. The Morgan fingerprint density at radius 2 is 0.528 bits per heavy atom. The molecule has 0 bridgehead atoms. The minimum absolute atomic E-state index is 0.325. The van der Waals surface area contributed by atoms with E-state index in [4.69, 9.17) is 4.74 Å². The Morgan fingerprint density at radius 1 is 0.303 bits per heavy atom. The van der Waals surface area contributed by atoms with Gasteiger partial charge in [-0.1, -0.05) is 347 Å². The van der Waals surface area contributed by atoms with Gasteiger partial charge < -0.3 is 4.74 Å². The molecular weight excluding hydrogens is 1080 g/mol. The predicted octanol–water partition coefficient (Wildman–Crippen LogP) is 28.0. The lowest BCUT2D eigenvalue weighted by molar-refractivity contribution is 0.0734. The topological polar surface area (TPSA) is 26.3 Å². The van der Waals surface area contributed by atoms with Crippen LogP contribution in [0.4, 0.5) is 0 Å². The van der Waals surface area contributed by atoms with Crippen LogP contribution in [0.2, 0.25) is 0 Å². The molecule has 0 heterocycles. The summed E-state index contributed by atoms with van der Waals surface area (Å²) in [5.41, 5.74) is 17.0. The Balaban J connectivity index is 0. The second kappa shape index (κ2) is 52.5. The molecule has 492 valence electrons. The van der Waals surface area contributed by atoms with Gasteiger partial charge >= 0.3 is 5.97 Å². The van der Waals surface area contributed by atoms with Crippen LogP contribution in [0.15, 0.2) is 176 Å². The van der Waals surface area contributed by atoms with Crippen LogP contribution in [0.3, 0.4) is 0 Å². The van der Waals surface area contributed by atoms with E-state index >= 15 is 0 Å². The molecule has 0 aliphatic heterocycles. The first kappa shape index (κ1) is 84.8. The van der Waals surface area contributed by atoms with Crippen LogP contribution in [0.25, 0.3) is 16.7 Å². The Kier molecular flexibility index (Phi) is 50.0. The summed E-state index contributed by atoms with van der Waals surface area (Å²) in [5.74, 6) is 6.30.